The summed E-state index contributed by atoms with van der Waals surface area (Å²) in [5, 5.41) is 3.03. The zero-order valence-electron chi connectivity index (χ0n) is 11.3. The third-order valence-corrected chi connectivity index (χ3v) is 2.94. The summed E-state index contributed by atoms with van der Waals surface area (Å²) >= 11 is 0. The molecule has 1 aliphatic rings. The number of allylic oxidation sites excluding steroid dienone is 4. The summed E-state index contributed by atoms with van der Waals surface area (Å²) < 4.78 is 0. The molecule has 0 spiro atoms. The van der Waals surface area contributed by atoms with Gasteiger partial charge >= 0.3 is 6.03 Å². The Labute approximate surface area is 110 Å². The van der Waals surface area contributed by atoms with E-state index in [1.165, 1.54) is 0 Å². The lowest BCUT2D eigenvalue weighted by Gasteiger charge is -2.23. The standard InChI is InChI=1S/C15H22N2O/c1-5-8-9-13(7-3)11-15(4)12-17(10-6-2)14(18)16-15/h5-9H,2-3,10-12H2,1,4H3,(H,16,18)/b8-5+,13-9+. The van der Waals surface area contributed by atoms with Gasteiger partial charge in [-0.3, -0.25) is 0 Å². The van der Waals surface area contributed by atoms with Crippen molar-refractivity contribution in [2.75, 3.05) is 13.1 Å². The Kier molecular flexibility index (Phi) is 4.95. The maximum absolute atomic E-state index is 11.8. The quantitative estimate of drug-likeness (QED) is 0.567. The Balaban J connectivity index is 2.74. The van der Waals surface area contributed by atoms with E-state index in [2.05, 4.69) is 25.4 Å². The number of hydrogen-bond acceptors (Lipinski definition) is 1. The molecule has 1 heterocycles. The molecule has 0 aromatic carbocycles. The minimum absolute atomic E-state index is 0.0214. The van der Waals surface area contributed by atoms with Gasteiger partial charge in [-0.05, 0) is 25.8 Å². The van der Waals surface area contributed by atoms with Gasteiger partial charge in [-0.1, -0.05) is 37.0 Å². The molecule has 1 N–H and O–H groups in total. The second-order valence-corrected chi connectivity index (χ2v) is 4.81. The summed E-state index contributed by atoms with van der Waals surface area (Å²) in [6, 6.07) is -0.0214. The van der Waals surface area contributed by atoms with Gasteiger partial charge in [0.1, 0.15) is 0 Å². The van der Waals surface area contributed by atoms with Crippen molar-refractivity contribution in [1.29, 1.82) is 0 Å². The minimum atomic E-state index is -0.234. The highest BCUT2D eigenvalue weighted by molar-refractivity contribution is 5.78. The van der Waals surface area contributed by atoms with Crippen LogP contribution in [-0.2, 0) is 0 Å². The van der Waals surface area contributed by atoms with Gasteiger partial charge in [0.05, 0.1) is 5.54 Å². The Hall–Kier alpha value is -1.77. The molecule has 3 heteroatoms. The van der Waals surface area contributed by atoms with Gasteiger partial charge in [-0.15, -0.1) is 6.58 Å². The molecule has 0 aliphatic carbocycles. The lowest BCUT2D eigenvalue weighted by atomic mass is 9.93. The van der Waals surface area contributed by atoms with Crippen LogP contribution in [0.15, 0.2) is 49.1 Å². The molecule has 98 valence electrons. The minimum Gasteiger partial charge on any atom is -0.331 e. The van der Waals surface area contributed by atoms with Crippen LogP contribution < -0.4 is 5.32 Å². The molecule has 1 aliphatic heterocycles. The molecule has 1 rings (SSSR count). The van der Waals surface area contributed by atoms with Crippen molar-refractivity contribution >= 4 is 6.03 Å². The zero-order chi connectivity index (χ0) is 13.6. The summed E-state index contributed by atoms with van der Waals surface area (Å²) in [7, 11) is 0. The van der Waals surface area contributed by atoms with Crippen LogP contribution >= 0.6 is 0 Å². The van der Waals surface area contributed by atoms with Gasteiger partial charge < -0.3 is 10.2 Å². The van der Waals surface area contributed by atoms with E-state index < -0.39 is 0 Å². The molecule has 1 fully saturated rings. The highest BCUT2D eigenvalue weighted by Crippen LogP contribution is 2.23. The molecule has 3 nitrogen and oxygen atoms in total. The van der Waals surface area contributed by atoms with E-state index in [9.17, 15) is 4.79 Å². The third-order valence-electron chi connectivity index (χ3n) is 2.94. The van der Waals surface area contributed by atoms with E-state index >= 15 is 0 Å². The van der Waals surface area contributed by atoms with Crippen LogP contribution in [0.2, 0.25) is 0 Å². The molecule has 0 aromatic rings. The summed E-state index contributed by atoms with van der Waals surface area (Å²) in [5.74, 6) is 0. The number of rotatable bonds is 6. The van der Waals surface area contributed by atoms with Crippen molar-refractivity contribution in [3.05, 3.63) is 49.1 Å². The molecule has 0 aromatic heterocycles. The summed E-state index contributed by atoms with van der Waals surface area (Å²) in [4.78, 5) is 13.5. The largest absolute Gasteiger partial charge is 0.331 e. The summed E-state index contributed by atoms with van der Waals surface area (Å²) in [6.45, 7) is 12.8. The molecular formula is C15H22N2O. The average Bonchev–Trinajstić information content (AvgIpc) is 2.60. The summed E-state index contributed by atoms with van der Waals surface area (Å²) in [6.07, 6.45) is 10.4. The molecule has 1 unspecified atom stereocenters. The first-order chi connectivity index (χ1) is 8.54. The Morgan fingerprint density at radius 3 is 2.83 bits per heavy atom. The maximum atomic E-state index is 11.8. The molecular weight excluding hydrogens is 224 g/mol. The number of carbonyl (C=O) groups excluding carboxylic acids is 1. The van der Waals surface area contributed by atoms with Gasteiger partial charge in [0, 0.05) is 13.1 Å². The van der Waals surface area contributed by atoms with E-state index in [1.54, 1.807) is 11.0 Å². The van der Waals surface area contributed by atoms with Crippen LogP contribution in [0, 0.1) is 0 Å². The zero-order valence-corrected chi connectivity index (χ0v) is 11.3. The van der Waals surface area contributed by atoms with E-state index in [0.717, 1.165) is 12.0 Å². The number of carbonyl (C=O) groups is 1. The van der Waals surface area contributed by atoms with Gasteiger partial charge in [0.15, 0.2) is 0 Å². The van der Waals surface area contributed by atoms with Crippen molar-refractivity contribution in [3.8, 4) is 0 Å². The molecule has 0 radical (unpaired) electrons. The Morgan fingerprint density at radius 2 is 2.28 bits per heavy atom. The number of amides is 2. The van der Waals surface area contributed by atoms with E-state index in [0.29, 0.717) is 13.1 Å². The SMILES string of the molecule is C=CCN1CC(C)(C/C(C=C)=C/C=C/C)NC1=O. The first-order valence-electron chi connectivity index (χ1n) is 6.17. The fourth-order valence-electron chi connectivity index (χ4n) is 2.14. The van der Waals surface area contributed by atoms with Crippen LogP contribution in [0.25, 0.3) is 0 Å². The van der Waals surface area contributed by atoms with E-state index in [-0.39, 0.29) is 11.6 Å². The van der Waals surface area contributed by atoms with Gasteiger partial charge in [0.25, 0.3) is 0 Å². The van der Waals surface area contributed by atoms with Crippen molar-refractivity contribution in [3.63, 3.8) is 0 Å². The molecule has 18 heavy (non-hydrogen) atoms. The first-order valence-corrected chi connectivity index (χ1v) is 6.17. The molecule has 2 amide bonds. The number of nitrogens with zero attached hydrogens (tertiary/aromatic N) is 1. The lowest BCUT2D eigenvalue weighted by Crippen LogP contribution is -2.40. The highest BCUT2D eigenvalue weighted by Gasteiger charge is 2.37. The smallest absolute Gasteiger partial charge is 0.318 e. The van der Waals surface area contributed by atoms with Crippen LogP contribution in [0.1, 0.15) is 20.3 Å². The molecule has 0 saturated carbocycles. The van der Waals surface area contributed by atoms with Gasteiger partial charge in [-0.25, -0.2) is 4.79 Å². The van der Waals surface area contributed by atoms with Crippen molar-refractivity contribution in [1.82, 2.24) is 10.2 Å². The Bertz CT molecular complexity index is 395. The predicted molar refractivity (Wildman–Crippen MR) is 76.4 cm³/mol. The Morgan fingerprint density at radius 1 is 1.56 bits per heavy atom. The molecule has 1 saturated heterocycles. The topological polar surface area (TPSA) is 32.3 Å². The van der Waals surface area contributed by atoms with Gasteiger partial charge in [-0.2, -0.15) is 0 Å². The predicted octanol–water partition coefficient (Wildman–Crippen LogP) is 3.03. The fraction of sp³-hybridized carbons (Fsp3) is 0.400. The third kappa shape index (κ3) is 3.62. The fourth-order valence-corrected chi connectivity index (χ4v) is 2.14. The maximum Gasteiger partial charge on any atom is 0.318 e. The normalized spacial score (nSPS) is 24.4. The van der Waals surface area contributed by atoms with Crippen LogP contribution in [0.3, 0.4) is 0 Å². The van der Waals surface area contributed by atoms with Crippen LogP contribution in [0.5, 0.6) is 0 Å². The van der Waals surface area contributed by atoms with Gasteiger partial charge in [0.2, 0.25) is 0 Å². The van der Waals surface area contributed by atoms with E-state index in [1.807, 2.05) is 31.2 Å². The number of urea groups is 1. The average molecular weight is 246 g/mol. The first kappa shape index (κ1) is 14.3. The van der Waals surface area contributed by atoms with Crippen molar-refractivity contribution < 1.29 is 4.79 Å². The van der Waals surface area contributed by atoms with Crippen LogP contribution in [0.4, 0.5) is 4.79 Å². The number of nitrogens with one attached hydrogen (secondary N) is 1. The second-order valence-electron chi connectivity index (χ2n) is 4.81. The van der Waals surface area contributed by atoms with E-state index in [4.69, 9.17) is 0 Å². The highest BCUT2D eigenvalue weighted by atomic mass is 16.2. The lowest BCUT2D eigenvalue weighted by molar-refractivity contribution is 0.222. The molecule has 1 atom stereocenters. The second kappa shape index (κ2) is 6.24. The van der Waals surface area contributed by atoms with Crippen molar-refractivity contribution in [2.45, 2.75) is 25.8 Å². The monoisotopic (exact) mass is 246 g/mol. The number of hydrogen-bond donors (Lipinski definition) is 1. The van der Waals surface area contributed by atoms with Crippen molar-refractivity contribution in [2.24, 2.45) is 0 Å². The van der Waals surface area contributed by atoms with Crippen LogP contribution in [-0.4, -0.2) is 29.6 Å². The molecule has 0 bridgehead atoms. The summed E-state index contributed by atoms with van der Waals surface area (Å²) in [5.41, 5.74) is 0.887.